The normalized spacial score (nSPS) is 11.2. The second kappa shape index (κ2) is 5.68. The van der Waals surface area contributed by atoms with Crippen LogP contribution in [-0.4, -0.2) is 11.3 Å². The first-order valence-electron chi connectivity index (χ1n) is 5.61. The van der Waals surface area contributed by atoms with Crippen LogP contribution in [0.3, 0.4) is 0 Å². The molecule has 1 heterocycles. The van der Waals surface area contributed by atoms with Gasteiger partial charge in [0.15, 0.2) is 0 Å². The molecule has 0 saturated carbocycles. The molecule has 7 heteroatoms. The SMILES string of the molecule is Nc1ccnc(COc2ccc(OC(F)(F)F)cc2)c1. The molecule has 2 aromatic rings. The summed E-state index contributed by atoms with van der Waals surface area (Å²) in [5.41, 5.74) is 6.78. The lowest BCUT2D eigenvalue weighted by Gasteiger charge is -2.10. The van der Waals surface area contributed by atoms with Crippen LogP contribution in [0.25, 0.3) is 0 Å². The van der Waals surface area contributed by atoms with E-state index >= 15 is 0 Å². The highest BCUT2D eigenvalue weighted by Gasteiger charge is 2.30. The van der Waals surface area contributed by atoms with E-state index in [1.165, 1.54) is 24.3 Å². The molecule has 2 N–H and O–H groups in total. The summed E-state index contributed by atoms with van der Waals surface area (Å²) >= 11 is 0. The summed E-state index contributed by atoms with van der Waals surface area (Å²) in [7, 11) is 0. The van der Waals surface area contributed by atoms with Crippen LogP contribution in [0, 0.1) is 0 Å². The van der Waals surface area contributed by atoms with Gasteiger partial charge in [-0.25, -0.2) is 0 Å². The van der Waals surface area contributed by atoms with Crippen LogP contribution in [0.2, 0.25) is 0 Å². The average Bonchev–Trinajstić information content (AvgIpc) is 2.36. The molecule has 0 aliphatic rings. The Kier molecular flexibility index (Phi) is 3.97. The third kappa shape index (κ3) is 4.34. The molecule has 1 aromatic heterocycles. The third-order valence-corrected chi connectivity index (χ3v) is 2.28. The first kappa shape index (κ1) is 14.0. The van der Waals surface area contributed by atoms with Crippen LogP contribution in [-0.2, 0) is 6.61 Å². The molecular weight excluding hydrogens is 273 g/mol. The van der Waals surface area contributed by atoms with Crippen molar-refractivity contribution in [1.82, 2.24) is 4.98 Å². The van der Waals surface area contributed by atoms with Crippen molar-refractivity contribution >= 4 is 5.69 Å². The van der Waals surface area contributed by atoms with Crippen molar-refractivity contribution < 1.29 is 22.6 Å². The highest BCUT2D eigenvalue weighted by atomic mass is 19.4. The standard InChI is InChI=1S/C13H11F3N2O2/c14-13(15,16)20-12-3-1-11(2-4-12)19-8-10-7-9(17)5-6-18-10/h1-7H,8H2,(H2,17,18). The summed E-state index contributed by atoms with van der Waals surface area (Å²) in [6, 6.07) is 8.42. The number of halogens is 3. The van der Waals surface area contributed by atoms with Crippen LogP contribution >= 0.6 is 0 Å². The van der Waals surface area contributed by atoms with Gasteiger partial charge in [0, 0.05) is 11.9 Å². The summed E-state index contributed by atoms with van der Waals surface area (Å²) in [4.78, 5) is 4.04. The minimum absolute atomic E-state index is 0.171. The van der Waals surface area contributed by atoms with E-state index in [1.54, 1.807) is 18.3 Å². The Morgan fingerprint density at radius 1 is 1.05 bits per heavy atom. The van der Waals surface area contributed by atoms with E-state index in [-0.39, 0.29) is 12.4 Å². The van der Waals surface area contributed by atoms with E-state index in [2.05, 4.69) is 9.72 Å². The second-order valence-corrected chi connectivity index (χ2v) is 3.89. The number of nitrogen functional groups attached to an aromatic ring is 1. The molecule has 0 aliphatic carbocycles. The van der Waals surface area contributed by atoms with E-state index in [1.807, 2.05) is 0 Å². The topological polar surface area (TPSA) is 57.4 Å². The number of hydrogen-bond acceptors (Lipinski definition) is 4. The Bertz CT molecular complexity index is 571. The maximum atomic E-state index is 12.0. The average molecular weight is 284 g/mol. The van der Waals surface area contributed by atoms with Crippen LogP contribution < -0.4 is 15.2 Å². The number of nitrogens with two attached hydrogens (primary N) is 1. The zero-order valence-corrected chi connectivity index (χ0v) is 10.2. The highest BCUT2D eigenvalue weighted by Crippen LogP contribution is 2.25. The molecule has 20 heavy (non-hydrogen) atoms. The zero-order chi connectivity index (χ0) is 14.6. The van der Waals surface area contributed by atoms with Gasteiger partial charge in [0.25, 0.3) is 0 Å². The summed E-state index contributed by atoms with van der Waals surface area (Å²) in [5, 5.41) is 0. The molecule has 106 valence electrons. The van der Waals surface area contributed by atoms with Crippen molar-refractivity contribution in [2.75, 3.05) is 5.73 Å². The van der Waals surface area contributed by atoms with Gasteiger partial charge >= 0.3 is 6.36 Å². The quantitative estimate of drug-likeness (QED) is 0.937. The lowest BCUT2D eigenvalue weighted by molar-refractivity contribution is -0.274. The first-order valence-corrected chi connectivity index (χ1v) is 5.61. The van der Waals surface area contributed by atoms with Crippen molar-refractivity contribution in [2.45, 2.75) is 13.0 Å². The summed E-state index contributed by atoms with van der Waals surface area (Å²) in [5.74, 6) is 0.107. The van der Waals surface area contributed by atoms with Gasteiger partial charge in [-0.15, -0.1) is 13.2 Å². The number of anilines is 1. The molecule has 0 atom stereocenters. The number of hydrogen-bond donors (Lipinski definition) is 1. The molecule has 4 nitrogen and oxygen atoms in total. The second-order valence-electron chi connectivity index (χ2n) is 3.89. The zero-order valence-electron chi connectivity index (χ0n) is 10.2. The summed E-state index contributed by atoms with van der Waals surface area (Å²) in [6.45, 7) is 0.171. The molecule has 2 rings (SSSR count). The fourth-order valence-corrected chi connectivity index (χ4v) is 1.47. The Balaban J connectivity index is 1.94. The number of pyridine rings is 1. The van der Waals surface area contributed by atoms with Gasteiger partial charge in [-0.3, -0.25) is 4.98 Å². The van der Waals surface area contributed by atoms with E-state index in [0.29, 0.717) is 17.1 Å². The fraction of sp³-hybridized carbons (Fsp3) is 0.154. The van der Waals surface area contributed by atoms with Crippen LogP contribution in [0.5, 0.6) is 11.5 Å². The number of aromatic nitrogens is 1. The lowest BCUT2D eigenvalue weighted by Crippen LogP contribution is -2.16. The van der Waals surface area contributed by atoms with E-state index in [4.69, 9.17) is 10.5 Å². The number of alkyl halides is 3. The Morgan fingerprint density at radius 3 is 2.30 bits per heavy atom. The van der Waals surface area contributed by atoms with Crippen LogP contribution in [0.15, 0.2) is 42.6 Å². The number of nitrogens with zero attached hydrogens (tertiary/aromatic N) is 1. The maximum absolute atomic E-state index is 12.0. The minimum atomic E-state index is -4.70. The van der Waals surface area contributed by atoms with Gasteiger partial charge in [-0.05, 0) is 36.4 Å². The lowest BCUT2D eigenvalue weighted by atomic mass is 10.3. The maximum Gasteiger partial charge on any atom is 0.573 e. The minimum Gasteiger partial charge on any atom is -0.487 e. The van der Waals surface area contributed by atoms with Gasteiger partial charge in [-0.1, -0.05) is 0 Å². The highest BCUT2D eigenvalue weighted by molar-refractivity contribution is 5.37. The smallest absolute Gasteiger partial charge is 0.487 e. The predicted octanol–water partition coefficient (Wildman–Crippen LogP) is 3.14. The van der Waals surface area contributed by atoms with Crippen LogP contribution in [0.4, 0.5) is 18.9 Å². The molecule has 0 aliphatic heterocycles. The van der Waals surface area contributed by atoms with Gasteiger partial charge in [0.05, 0.1) is 5.69 Å². The van der Waals surface area contributed by atoms with Gasteiger partial charge < -0.3 is 15.2 Å². The number of rotatable bonds is 4. The van der Waals surface area contributed by atoms with Crippen molar-refractivity contribution in [3.63, 3.8) is 0 Å². The van der Waals surface area contributed by atoms with E-state index < -0.39 is 6.36 Å². The van der Waals surface area contributed by atoms with Gasteiger partial charge in [0.2, 0.25) is 0 Å². The van der Waals surface area contributed by atoms with Crippen molar-refractivity contribution in [1.29, 1.82) is 0 Å². The fourth-order valence-electron chi connectivity index (χ4n) is 1.47. The molecule has 0 spiro atoms. The van der Waals surface area contributed by atoms with Crippen molar-refractivity contribution in [3.8, 4) is 11.5 Å². The molecule has 1 aromatic carbocycles. The number of ether oxygens (including phenoxy) is 2. The molecule has 0 radical (unpaired) electrons. The molecule has 0 saturated heterocycles. The van der Waals surface area contributed by atoms with E-state index in [9.17, 15) is 13.2 Å². The molecular formula is C13H11F3N2O2. The summed E-state index contributed by atoms with van der Waals surface area (Å²) in [6.07, 6.45) is -3.15. The van der Waals surface area contributed by atoms with Crippen molar-refractivity contribution in [3.05, 3.63) is 48.3 Å². The summed E-state index contributed by atoms with van der Waals surface area (Å²) < 4.78 is 45.1. The molecule has 0 unspecified atom stereocenters. The monoisotopic (exact) mass is 284 g/mol. The Hall–Kier alpha value is -2.44. The Labute approximate surface area is 113 Å². The largest absolute Gasteiger partial charge is 0.573 e. The number of benzene rings is 1. The first-order chi connectivity index (χ1) is 9.42. The van der Waals surface area contributed by atoms with Crippen molar-refractivity contribution in [2.24, 2.45) is 0 Å². The van der Waals surface area contributed by atoms with Gasteiger partial charge in [0.1, 0.15) is 18.1 Å². The Morgan fingerprint density at radius 2 is 1.70 bits per heavy atom. The molecule has 0 bridgehead atoms. The van der Waals surface area contributed by atoms with Gasteiger partial charge in [-0.2, -0.15) is 0 Å². The molecule has 0 fully saturated rings. The van der Waals surface area contributed by atoms with Crippen LogP contribution in [0.1, 0.15) is 5.69 Å². The van der Waals surface area contributed by atoms with E-state index in [0.717, 1.165) is 0 Å². The third-order valence-electron chi connectivity index (χ3n) is 2.28. The predicted molar refractivity (Wildman–Crippen MR) is 66.1 cm³/mol. The molecule has 0 amide bonds.